The lowest BCUT2D eigenvalue weighted by atomic mass is 10.2. The van der Waals surface area contributed by atoms with Crippen molar-refractivity contribution in [3.8, 4) is 0 Å². The molecule has 0 aliphatic carbocycles. The van der Waals surface area contributed by atoms with Crippen LogP contribution in [0.3, 0.4) is 0 Å². The fourth-order valence-electron chi connectivity index (χ4n) is 2.05. The summed E-state index contributed by atoms with van der Waals surface area (Å²) in [6, 6.07) is 4.75. The zero-order chi connectivity index (χ0) is 13.8. The normalized spacial score (nSPS) is 17.6. The van der Waals surface area contributed by atoms with Crippen molar-refractivity contribution in [3.63, 3.8) is 0 Å². The number of likely N-dealkylation sites (N-methyl/N-ethyl adjacent to an activating group) is 1. The summed E-state index contributed by atoms with van der Waals surface area (Å²) >= 11 is 6.04. The van der Waals surface area contributed by atoms with Gasteiger partial charge in [-0.15, -0.1) is 0 Å². The van der Waals surface area contributed by atoms with E-state index in [9.17, 15) is 10.1 Å². The molecule has 0 bridgehead atoms. The molecule has 6 nitrogen and oxygen atoms in total. The number of halogens is 1. The number of nitro groups is 1. The summed E-state index contributed by atoms with van der Waals surface area (Å²) in [5.74, 6) is 0. The lowest BCUT2D eigenvalue weighted by Gasteiger charge is -2.32. The number of hydrogen-bond donors (Lipinski definition) is 1. The minimum Gasteiger partial charge on any atom is -0.304 e. The first-order valence-electron chi connectivity index (χ1n) is 6.16. The summed E-state index contributed by atoms with van der Waals surface area (Å²) in [5, 5.41) is 13.5. The third kappa shape index (κ3) is 3.63. The van der Waals surface area contributed by atoms with Crippen molar-refractivity contribution >= 4 is 17.3 Å². The van der Waals surface area contributed by atoms with E-state index in [2.05, 4.69) is 22.4 Å². The number of nitrogens with one attached hydrogen (secondary N) is 1. The molecule has 1 aliphatic rings. The van der Waals surface area contributed by atoms with Crippen molar-refractivity contribution in [2.45, 2.75) is 6.54 Å². The zero-order valence-corrected chi connectivity index (χ0v) is 11.6. The molecule has 1 heterocycles. The predicted octanol–water partition coefficient (Wildman–Crippen LogP) is 1.50. The Hall–Kier alpha value is -1.21. The number of benzene rings is 1. The Balaban J connectivity index is 2.01. The van der Waals surface area contributed by atoms with Gasteiger partial charge in [0.15, 0.2) is 0 Å². The van der Waals surface area contributed by atoms with Crippen LogP contribution in [0.25, 0.3) is 0 Å². The summed E-state index contributed by atoms with van der Waals surface area (Å²) in [5.41, 5.74) is 3.81. The van der Waals surface area contributed by atoms with E-state index < -0.39 is 4.92 Å². The molecule has 0 unspecified atom stereocenters. The highest BCUT2D eigenvalue weighted by atomic mass is 35.5. The predicted molar refractivity (Wildman–Crippen MR) is 74.0 cm³/mol. The first kappa shape index (κ1) is 14.2. The maximum Gasteiger partial charge on any atom is 0.275 e. The number of rotatable bonds is 4. The molecule has 1 fully saturated rings. The van der Waals surface area contributed by atoms with Gasteiger partial charge in [-0.2, -0.15) is 0 Å². The Kier molecular flexibility index (Phi) is 4.71. The van der Waals surface area contributed by atoms with Gasteiger partial charge in [-0.1, -0.05) is 17.7 Å². The highest BCUT2D eigenvalue weighted by molar-refractivity contribution is 6.31. The molecule has 0 spiro atoms. The highest BCUT2D eigenvalue weighted by Crippen LogP contribution is 2.25. The molecule has 1 saturated heterocycles. The zero-order valence-electron chi connectivity index (χ0n) is 10.8. The van der Waals surface area contributed by atoms with Gasteiger partial charge >= 0.3 is 0 Å². The third-order valence-corrected chi connectivity index (χ3v) is 3.63. The first-order chi connectivity index (χ1) is 9.08. The Morgan fingerprint density at radius 1 is 1.37 bits per heavy atom. The van der Waals surface area contributed by atoms with Crippen LogP contribution in [0, 0.1) is 10.1 Å². The van der Waals surface area contributed by atoms with E-state index in [-0.39, 0.29) is 5.69 Å². The average molecular weight is 285 g/mol. The minimum absolute atomic E-state index is 0.0640. The van der Waals surface area contributed by atoms with Crippen LogP contribution in [-0.2, 0) is 6.54 Å². The van der Waals surface area contributed by atoms with E-state index in [1.165, 1.54) is 6.07 Å². The van der Waals surface area contributed by atoms with Gasteiger partial charge in [0.2, 0.25) is 0 Å². The van der Waals surface area contributed by atoms with Gasteiger partial charge in [-0.25, -0.2) is 5.01 Å². The number of piperazine rings is 1. The van der Waals surface area contributed by atoms with Crippen LogP contribution in [0.1, 0.15) is 5.56 Å². The molecule has 0 radical (unpaired) electrons. The summed E-state index contributed by atoms with van der Waals surface area (Å²) in [6.07, 6.45) is 0. The number of nitro benzene ring substituents is 1. The average Bonchev–Trinajstić information content (AvgIpc) is 2.39. The van der Waals surface area contributed by atoms with E-state index in [0.717, 1.165) is 26.2 Å². The molecule has 1 N–H and O–H groups in total. The highest BCUT2D eigenvalue weighted by Gasteiger charge is 2.18. The van der Waals surface area contributed by atoms with Gasteiger partial charge in [0.1, 0.15) is 0 Å². The smallest absolute Gasteiger partial charge is 0.275 e. The molecule has 1 aliphatic heterocycles. The van der Waals surface area contributed by atoms with Crippen molar-refractivity contribution in [2.75, 3.05) is 33.2 Å². The molecular weight excluding hydrogens is 268 g/mol. The third-order valence-electron chi connectivity index (χ3n) is 3.27. The Morgan fingerprint density at radius 3 is 2.68 bits per heavy atom. The molecular formula is C12H17ClN4O2. The SMILES string of the molecule is CN1CCN(NCc2c(Cl)cccc2[N+](=O)[O-])CC1. The molecule has 7 heteroatoms. The molecule has 0 amide bonds. The van der Waals surface area contributed by atoms with E-state index in [1.54, 1.807) is 12.1 Å². The van der Waals surface area contributed by atoms with Gasteiger partial charge in [0.05, 0.1) is 15.5 Å². The van der Waals surface area contributed by atoms with Crippen LogP contribution >= 0.6 is 11.6 Å². The van der Waals surface area contributed by atoms with Gasteiger partial charge in [-0.05, 0) is 13.1 Å². The molecule has 1 aromatic rings. The van der Waals surface area contributed by atoms with Gasteiger partial charge in [0, 0.05) is 38.8 Å². The van der Waals surface area contributed by atoms with Crippen molar-refractivity contribution < 1.29 is 4.92 Å². The van der Waals surface area contributed by atoms with Crippen LogP contribution < -0.4 is 5.43 Å². The second kappa shape index (κ2) is 6.29. The lowest BCUT2D eigenvalue weighted by Crippen LogP contribution is -2.50. The fourth-order valence-corrected chi connectivity index (χ4v) is 2.29. The van der Waals surface area contributed by atoms with Gasteiger partial charge in [-0.3, -0.25) is 15.5 Å². The van der Waals surface area contributed by atoms with Crippen LogP contribution in [0.5, 0.6) is 0 Å². The van der Waals surface area contributed by atoms with Crippen LogP contribution in [0.15, 0.2) is 18.2 Å². The summed E-state index contributed by atoms with van der Waals surface area (Å²) in [7, 11) is 2.08. The number of hydrogen-bond acceptors (Lipinski definition) is 5. The summed E-state index contributed by atoms with van der Waals surface area (Å²) in [4.78, 5) is 12.8. The van der Waals surface area contributed by atoms with E-state index in [0.29, 0.717) is 17.1 Å². The van der Waals surface area contributed by atoms with Crippen LogP contribution in [0.4, 0.5) is 5.69 Å². The number of hydrazine groups is 1. The number of nitrogens with zero attached hydrogens (tertiary/aromatic N) is 3. The molecule has 0 atom stereocenters. The fraction of sp³-hybridized carbons (Fsp3) is 0.500. The quantitative estimate of drug-likeness (QED) is 0.671. The van der Waals surface area contributed by atoms with E-state index >= 15 is 0 Å². The van der Waals surface area contributed by atoms with Crippen molar-refractivity contribution in [3.05, 3.63) is 38.9 Å². The van der Waals surface area contributed by atoms with Crippen LogP contribution in [0.2, 0.25) is 5.02 Å². The molecule has 2 rings (SSSR count). The molecule has 104 valence electrons. The van der Waals surface area contributed by atoms with Crippen LogP contribution in [-0.4, -0.2) is 48.1 Å². The Morgan fingerprint density at radius 2 is 2.05 bits per heavy atom. The molecule has 19 heavy (non-hydrogen) atoms. The van der Waals surface area contributed by atoms with E-state index in [1.807, 2.05) is 0 Å². The van der Waals surface area contributed by atoms with Crippen molar-refractivity contribution in [2.24, 2.45) is 0 Å². The second-order valence-corrected chi connectivity index (χ2v) is 5.03. The van der Waals surface area contributed by atoms with Crippen molar-refractivity contribution in [1.29, 1.82) is 0 Å². The summed E-state index contributed by atoms with van der Waals surface area (Å²) < 4.78 is 0. The summed E-state index contributed by atoms with van der Waals surface area (Å²) in [6.45, 7) is 4.14. The minimum atomic E-state index is -0.396. The van der Waals surface area contributed by atoms with E-state index in [4.69, 9.17) is 11.6 Å². The monoisotopic (exact) mass is 284 g/mol. The lowest BCUT2D eigenvalue weighted by molar-refractivity contribution is -0.385. The second-order valence-electron chi connectivity index (χ2n) is 4.62. The Bertz CT molecular complexity index is 461. The standard InChI is InChI=1S/C12H17ClN4O2/c1-15-5-7-16(8-6-15)14-9-10-11(13)3-2-4-12(10)17(18)19/h2-4,14H,5-9H2,1H3. The maximum atomic E-state index is 11.0. The maximum absolute atomic E-state index is 11.0. The topological polar surface area (TPSA) is 61.6 Å². The van der Waals surface area contributed by atoms with Gasteiger partial charge in [0.25, 0.3) is 5.69 Å². The first-order valence-corrected chi connectivity index (χ1v) is 6.54. The molecule has 0 saturated carbocycles. The molecule has 0 aromatic heterocycles. The van der Waals surface area contributed by atoms with Crippen molar-refractivity contribution in [1.82, 2.24) is 15.3 Å². The largest absolute Gasteiger partial charge is 0.304 e. The Labute approximate surface area is 117 Å². The molecule has 1 aromatic carbocycles. The van der Waals surface area contributed by atoms with Gasteiger partial charge < -0.3 is 4.90 Å².